The van der Waals surface area contributed by atoms with E-state index in [4.69, 9.17) is 0 Å². The van der Waals surface area contributed by atoms with Gasteiger partial charge in [0.15, 0.2) is 0 Å². The number of hydrogen-bond donors (Lipinski definition) is 0. The molecule has 1 aromatic rings. The number of sulfonamides is 1. The molecule has 0 bridgehead atoms. The molecule has 18 heavy (non-hydrogen) atoms. The molecule has 0 aliphatic carbocycles. The van der Waals surface area contributed by atoms with Crippen molar-refractivity contribution in [3.63, 3.8) is 0 Å². The molecule has 1 heterocycles. The summed E-state index contributed by atoms with van der Waals surface area (Å²) in [6.07, 6.45) is 0.752. The molecule has 0 atom stereocenters. The molecule has 0 saturated carbocycles. The van der Waals surface area contributed by atoms with Crippen molar-refractivity contribution in [1.29, 1.82) is 0 Å². The number of benzene rings is 1. The summed E-state index contributed by atoms with van der Waals surface area (Å²) >= 11 is 0. The zero-order valence-electron chi connectivity index (χ0n) is 11.3. The SMILES string of the molecule is CC(C)(C)c1ccc(CN2CCCS2(=O)=O)cc1. The molecule has 3 nitrogen and oxygen atoms in total. The molecule has 0 radical (unpaired) electrons. The Kier molecular flexibility index (Phi) is 3.52. The Morgan fingerprint density at radius 2 is 1.78 bits per heavy atom. The van der Waals surface area contributed by atoms with Crippen LogP contribution in [0, 0.1) is 0 Å². The van der Waals surface area contributed by atoms with Crippen molar-refractivity contribution in [3.8, 4) is 0 Å². The van der Waals surface area contributed by atoms with Crippen molar-refractivity contribution < 1.29 is 8.42 Å². The Labute approximate surface area is 110 Å². The van der Waals surface area contributed by atoms with E-state index in [1.807, 2.05) is 12.1 Å². The van der Waals surface area contributed by atoms with Gasteiger partial charge in [-0.2, -0.15) is 4.31 Å². The molecule has 0 spiro atoms. The molecule has 1 saturated heterocycles. The van der Waals surface area contributed by atoms with Gasteiger partial charge in [0.05, 0.1) is 5.75 Å². The molecular formula is C14H21NO2S. The number of nitrogens with zero attached hydrogens (tertiary/aromatic N) is 1. The minimum absolute atomic E-state index is 0.137. The van der Waals surface area contributed by atoms with E-state index in [0.717, 1.165) is 12.0 Å². The molecule has 1 fully saturated rings. The third-order valence-corrected chi connectivity index (χ3v) is 5.29. The average molecular weight is 267 g/mol. The van der Waals surface area contributed by atoms with Crippen LogP contribution in [-0.2, 0) is 22.0 Å². The van der Waals surface area contributed by atoms with Crippen molar-refractivity contribution in [3.05, 3.63) is 35.4 Å². The van der Waals surface area contributed by atoms with Crippen molar-refractivity contribution in [2.24, 2.45) is 0 Å². The van der Waals surface area contributed by atoms with Gasteiger partial charge in [-0.3, -0.25) is 0 Å². The maximum Gasteiger partial charge on any atom is 0.214 e. The second-order valence-corrected chi connectivity index (χ2v) is 8.04. The van der Waals surface area contributed by atoms with Gasteiger partial charge in [-0.15, -0.1) is 0 Å². The minimum Gasteiger partial charge on any atom is -0.212 e. The summed E-state index contributed by atoms with van der Waals surface area (Å²) in [6.45, 7) is 7.68. The van der Waals surface area contributed by atoms with Crippen LogP contribution < -0.4 is 0 Å². The molecule has 0 unspecified atom stereocenters. The van der Waals surface area contributed by atoms with Gasteiger partial charge >= 0.3 is 0 Å². The minimum atomic E-state index is -2.99. The molecule has 0 N–H and O–H groups in total. The summed E-state index contributed by atoms with van der Waals surface area (Å²) in [6, 6.07) is 8.26. The van der Waals surface area contributed by atoms with Gasteiger partial charge in [0.2, 0.25) is 10.0 Å². The molecule has 0 aromatic heterocycles. The lowest BCUT2D eigenvalue weighted by atomic mass is 9.87. The lowest BCUT2D eigenvalue weighted by molar-refractivity contribution is 0.439. The third-order valence-electron chi connectivity index (χ3n) is 3.38. The normalized spacial score (nSPS) is 20.2. The smallest absolute Gasteiger partial charge is 0.212 e. The van der Waals surface area contributed by atoms with E-state index >= 15 is 0 Å². The van der Waals surface area contributed by atoms with Gasteiger partial charge in [0.25, 0.3) is 0 Å². The molecular weight excluding hydrogens is 246 g/mol. The van der Waals surface area contributed by atoms with E-state index in [1.165, 1.54) is 5.56 Å². The first-order valence-electron chi connectivity index (χ1n) is 6.36. The summed E-state index contributed by atoms with van der Waals surface area (Å²) in [5.41, 5.74) is 2.47. The highest BCUT2D eigenvalue weighted by molar-refractivity contribution is 7.89. The van der Waals surface area contributed by atoms with Crippen LogP contribution >= 0.6 is 0 Å². The van der Waals surface area contributed by atoms with Crippen LogP contribution in [0.5, 0.6) is 0 Å². The fourth-order valence-electron chi connectivity index (χ4n) is 2.18. The van der Waals surface area contributed by atoms with Gasteiger partial charge in [-0.1, -0.05) is 45.0 Å². The molecule has 0 amide bonds. The van der Waals surface area contributed by atoms with Gasteiger partial charge in [0.1, 0.15) is 0 Å². The van der Waals surface area contributed by atoms with Crippen LogP contribution in [0.3, 0.4) is 0 Å². The second kappa shape index (κ2) is 4.67. The summed E-state index contributed by atoms with van der Waals surface area (Å²) in [5, 5.41) is 0. The van der Waals surface area contributed by atoms with Crippen molar-refractivity contribution in [2.75, 3.05) is 12.3 Å². The Morgan fingerprint density at radius 1 is 1.17 bits per heavy atom. The number of rotatable bonds is 2. The predicted molar refractivity (Wildman–Crippen MR) is 74.0 cm³/mol. The second-order valence-electron chi connectivity index (χ2n) is 5.95. The van der Waals surface area contributed by atoms with Crippen LogP contribution in [0.1, 0.15) is 38.3 Å². The predicted octanol–water partition coefficient (Wildman–Crippen LogP) is 2.52. The Bertz CT molecular complexity index is 512. The van der Waals surface area contributed by atoms with E-state index in [0.29, 0.717) is 18.8 Å². The molecule has 2 rings (SSSR count). The highest BCUT2D eigenvalue weighted by Gasteiger charge is 2.27. The van der Waals surface area contributed by atoms with E-state index in [1.54, 1.807) is 4.31 Å². The van der Waals surface area contributed by atoms with Crippen molar-refractivity contribution in [2.45, 2.75) is 39.2 Å². The summed E-state index contributed by atoms with van der Waals surface area (Å²) in [7, 11) is -2.99. The zero-order valence-corrected chi connectivity index (χ0v) is 12.1. The van der Waals surface area contributed by atoms with Gasteiger partial charge in [0, 0.05) is 13.1 Å². The van der Waals surface area contributed by atoms with Gasteiger partial charge in [-0.25, -0.2) is 8.42 Å². The topological polar surface area (TPSA) is 37.4 Å². The van der Waals surface area contributed by atoms with Crippen LogP contribution in [0.2, 0.25) is 0 Å². The summed E-state index contributed by atoms with van der Waals surface area (Å²) in [4.78, 5) is 0. The molecule has 1 aliphatic heterocycles. The Hall–Kier alpha value is -0.870. The fraction of sp³-hybridized carbons (Fsp3) is 0.571. The van der Waals surface area contributed by atoms with E-state index in [9.17, 15) is 8.42 Å². The average Bonchev–Trinajstić information content (AvgIpc) is 2.58. The summed E-state index contributed by atoms with van der Waals surface area (Å²) in [5.74, 6) is 0.299. The number of hydrogen-bond acceptors (Lipinski definition) is 2. The fourth-order valence-corrected chi connectivity index (χ4v) is 3.69. The van der Waals surface area contributed by atoms with Crippen molar-refractivity contribution >= 4 is 10.0 Å². The van der Waals surface area contributed by atoms with Crippen LogP contribution in [0.15, 0.2) is 24.3 Å². The quantitative estimate of drug-likeness (QED) is 0.825. The standard InChI is InChI=1S/C14H21NO2S/c1-14(2,3)13-7-5-12(6-8-13)11-15-9-4-10-18(15,16)17/h5-8H,4,9-11H2,1-3H3. The van der Waals surface area contributed by atoms with Crippen LogP contribution in [-0.4, -0.2) is 25.0 Å². The van der Waals surface area contributed by atoms with Gasteiger partial charge < -0.3 is 0 Å². The Balaban J connectivity index is 2.12. The first-order chi connectivity index (χ1) is 8.29. The zero-order chi connectivity index (χ0) is 13.4. The van der Waals surface area contributed by atoms with E-state index in [2.05, 4.69) is 32.9 Å². The molecule has 1 aliphatic rings. The van der Waals surface area contributed by atoms with Crippen LogP contribution in [0.25, 0.3) is 0 Å². The molecule has 1 aromatic carbocycles. The highest BCUT2D eigenvalue weighted by atomic mass is 32.2. The third kappa shape index (κ3) is 2.93. The lowest BCUT2D eigenvalue weighted by Crippen LogP contribution is -2.25. The first kappa shape index (κ1) is 13.6. The van der Waals surface area contributed by atoms with Gasteiger partial charge in [-0.05, 0) is 23.0 Å². The first-order valence-corrected chi connectivity index (χ1v) is 7.97. The lowest BCUT2D eigenvalue weighted by Gasteiger charge is -2.20. The Morgan fingerprint density at radius 3 is 2.22 bits per heavy atom. The monoisotopic (exact) mass is 267 g/mol. The summed E-state index contributed by atoms with van der Waals surface area (Å²) < 4.78 is 25.0. The van der Waals surface area contributed by atoms with Crippen LogP contribution in [0.4, 0.5) is 0 Å². The maximum atomic E-state index is 11.7. The molecule has 4 heteroatoms. The van der Waals surface area contributed by atoms with E-state index in [-0.39, 0.29) is 5.41 Å². The van der Waals surface area contributed by atoms with E-state index < -0.39 is 10.0 Å². The van der Waals surface area contributed by atoms with Crippen molar-refractivity contribution in [1.82, 2.24) is 4.31 Å². The largest absolute Gasteiger partial charge is 0.214 e. The molecule has 100 valence electrons. The maximum absolute atomic E-state index is 11.7. The highest BCUT2D eigenvalue weighted by Crippen LogP contribution is 2.23.